The summed E-state index contributed by atoms with van der Waals surface area (Å²) in [6.45, 7) is -2.67. The minimum atomic E-state index is -2.67. The molecule has 0 aliphatic rings. The molecule has 0 unspecified atom stereocenters. The molecule has 2 heterocycles. The maximum Gasteiger partial charge on any atom is 0.319 e. The van der Waals surface area contributed by atoms with Crippen molar-refractivity contribution < 1.29 is 18.0 Å². The van der Waals surface area contributed by atoms with E-state index in [4.69, 9.17) is 4.42 Å². The van der Waals surface area contributed by atoms with Crippen molar-refractivity contribution >= 4 is 5.91 Å². The Kier molecular flexibility index (Phi) is 3.40. The quantitative estimate of drug-likeness (QED) is 0.841. The lowest BCUT2D eigenvalue weighted by molar-refractivity contribution is 0.0612. The van der Waals surface area contributed by atoms with Crippen LogP contribution in [0.2, 0.25) is 0 Å². The number of imidazole rings is 1. The number of carbonyl (C=O) groups is 1. The predicted molar refractivity (Wildman–Crippen MR) is 58.0 cm³/mol. The Morgan fingerprint density at radius 2 is 2.39 bits per heavy atom. The van der Waals surface area contributed by atoms with Crippen molar-refractivity contribution in [3.8, 4) is 0 Å². The lowest BCUT2D eigenvalue weighted by Crippen LogP contribution is -2.27. The Labute approximate surface area is 102 Å². The minimum absolute atomic E-state index is 0.00134. The predicted octanol–water partition coefficient (Wildman–Crippen LogP) is 2.14. The molecule has 0 saturated heterocycles. The van der Waals surface area contributed by atoms with Crippen LogP contribution in [0.4, 0.5) is 8.78 Å². The van der Waals surface area contributed by atoms with Crippen LogP contribution >= 0.6 is 0 Å². The topological polar surface area (TPSA) is 51.3 Å². The van der Waals surface area contributed by atoms with Gasteiger partial charge in [0.2, 0.25) is 0 Å². The summed E-state index contributed by atoms with van der Waals surface area (Å²) in [5, 5.41) is 0. The molecular weight excluding hydrogens is 244 g/mol. The first kappa shape index (κ1) is 12.3. The summed E-state index contributed by atoms with van der Waals surface area (Å²) in [5.41, 5.74) is 0.368. The van der Waals surface area contributed by atoms with Gasteiger partial charge in [0.1, 0.15) is 12.1 Å². The zero-order valence-corrected chi connectivity index (χ0v) is 9.59. The number of rotatable bonds is 4. The molecule has 2 aromatic rings. The van der Waals surface area contributed by atoms with Crippen molar-refractivity contribution in [3.63, 3.8) is 0 Å². The van der Waals surface area contributed by atoms with Crippen LogP contribution in [0.3, 0.4) is 0 Å². The number of hydrogen-bond acceptors (Lipinski definition) is 3. The molecule has 1 amide bonds. The average Bonchev–Trinajstić information content (AvgIpc) is 2.98. The van der Waals surface area contributed by atoms with Gasteiger partial charge in [0.15, 0.2) is 0 Å². The SMILES string of the molecule is CN(Cc1nccn1C(F)F)C(=O)c1ccoc1. The van der Waals surface area contributed by atoms with E-state index in [-0.39, 0.29) is 18.3 Å². The first-order chi connectivity index (χ1) is 8.59. The van der Waals surface area contributed by atoms with E-state index in [1.165, 1.54) is 42.9 Å². The van der Waals surface area contributed by atoms with Gasteiger partial charge in [0, 0.05) is 19.4 Å². The van der Waals surface area contributed by atoms with Gasteiger partial charge in [0.05, 0.1) is 18.4 Å². The van der Waals surface area contributed by atoms with Crippen LogP contribution in [-0.2, 0) is 6.54 Å². The lowest BCUT2D eigenvalue weighted by Gasteiger charge is -2.16. The van der Waals surface area contributed by atoms with Crippen molar-refractivity contribution in [1.82, 2.24) is 14.5 Å². The highest BCUT2D eigenvalue weighted by atomic mass is 19.3. The molecule has 5 nitrogen and oxygen atoms in total. The molecule has 0 saturated carbocycles. The number of aromatic nitrogens is 2. The first-order valence-electron chi connectivity index (χ1n) is 5.17. The number of furan rings is 1. The van der Waals surface area contributed by atoms with Crippen LogP contribution in [0.15, 0.2) is 35.4 Å². The lowest BCUT2D eigenvalue weighted by atomic mass is 10.3. The van der Waals surface area contributed by atoms with Crippen LogP contribution in [0.5, 0.6) is 0 Å². The van der Waals surface area contributed by atoms with Crippen LogP contribution in [0.1, 0.15) is 22.7 Å². The molecule has 0 fully saturated rings. The third kappa shape index (κ3) is 2.39. The van der Waals surface area contributed by atoms with Gasteiger partial charge in [-0.15, -0.1) is 0 Å². The molecule has 0 N–H and O–H groups in total. The molecule has 0 aliphatic heterocycles. The second kappa shape index (κ2) is 4.99. The van der Waals surface area contributed by atoms with Crippen molar-refractivity contribution in [2.24, 2.45) is 0 Å². The highest BCUT2D eigenvalue weighted by Crippen LogP contribution is 2.14. The van der Waals surface area contributed by atoms with E-state index in [1.54, 1.807) is 0 Å². The molecule has 96 valence electrons. The molecule has 18 heavy (non-hydrogen) atoms. The monoisotopic (exact) mass is 255 g/mol. The minimum Gasteiger partial charge on any atom is -0.472 e. The van der Waals surface area contributed by atoms with Crippen molar-refractivity contribution in [2.75, 3.05) is 7.05 Å². The molecule has 0 spiro atoms. The van der Waals surface area contributed by atoms with E-state index in [0.29, 0.717) is 5.56 Å². The number of hydrogen-bond donors (Lipinski definition) is 0. The van der Waals surface area contributed by atoms with Crippen LogP contribution in [0.25, 0.3) is 0 Å². The maximum atomic E-state index is 12.6. The number of carbonyl (C=O) groups excluding carboxylic acids is 1. The van der Waals surface area contributed by atoms with Gasteiger partial charge in [-0.25, -0.2) is 4.98 Å². The Morgan fingerprint density at radius 3 is 3.00 bits per heavy atom. The smallest absolute Gasteiger partial charge is 0.319 e. The van der Waals surface area contributed by atoms with E-state index in [2.05, 4.69) is 4.98 Å². The first-order valence-corrected chi connectivity index (χ1v) is 5.17. The summed E-state index contributed by atoms with van der Waals surface area (Å²) in [5.74, 6) is -0.183. The molecule has 0 aliphatic carbocycles. The van der Waals surface area contributed by atoms with Crippen molar-refractivity contribution in [2.45, 2.75) is 13.1 Å². The normalized spacial score (nSPS) is 10.9. The van der Waals surface area contributed by atoms with Gasteiger partial charge in [-0.3, -0.25) is 9.36 Å². The molecule has 7 heteroatoms. The standard InChI is InChI=1S/C11H11F2N3O2/c1-15(10(17)8-2-5-18-7-8)6-9-14-3-4-16(9)11(12)13/h2-5,7,11H,6H2,1H3. The number of nitrogens with zero attached hydrogens (tertiary/aromatic N) is 3. The fourth-order valence-corrected chi connectivity index (χ4v) is 1.53. The van der Waals surface area contributed by atoms with Gasteiger partial charge in [-0.05, 0) is 6.07 Å². The average molecular weight is 255 g/mol. The third-order valence-corrected chi connectivity index (χ3v) is 2.45. The summed E-state index contributed by atoms with van der Waals surface area (Å²) in [6, 6.07) is 1.51. The molecule has 2 aromatic heterocycles. The summed E-state index contributed by atoms with van der Waals surface area (Å²) in [4.78, 5) is 17.0. The molecule has 0 atom stereocenters. The maximum absolute atomic E-state index is 12.6. The summed E-state index contributed by atoms with van der Waals surface area (Å²) < 4.78 is 30.7. The van der Waals surface area contributed by atoms with E-state index in [9.17, 15) is 13.6 Å². The highest BCUT2D eigenvalue weighted by molar-refractivity contribution is 5.93. The van der Waals surface area contributed by atoms with Gasteiger partial charge in [0.25, 0.3) is 5.91 Å². The van der Waals surface area contributed by atoms with E-state index >= 15 is 0 Å². The largest absolute Gasteiger partial charge is 0.472 e. The fraction of sp³-hybridized carbons (Fsp3) is 0.273. The zero-order chi connectivity index (χ0) is 13.1. The Hall–Kier alpha value is -2.18. The van der Waals surface area contributed by atoms with Gasteiger partial charge < -0.3 is 9.32 Å². The third-order valence-electron chi connectivity index (χ3n) is 2.45. The van der Waals surface area contributed by atoms with Crippen LogP contribution < -0.4 is 0 Å². The molecular formula is C11H11F2N3O2. The summed E-state index contributed by atoms with van der Waals surface area (Å²) in [7, 11) is 1.51. The van der Waals surface area contributed by atoms with Crippen LogP contribution in [-0.4, -0.2) is 27.4 Å². The van der Waals surface area contributed by atoms with E-state index in [0.717, 1.165) is 4.57 Å². The molecule has 0 radical (unpaired) electrons. The number of amides is 1. The number of alkyl halides is 2. The zero-order valence-electron chi connectivity index (χ0n) is 9.59. The Morgan fingerprint density at radius 1 is 1.61 bits per heavy atom. The second-order valence-electron chi connectivity index (χ2n) is 3.70. The Bertz CT molecular complexity index is 522. The van der Waals surface area contributed by atoms with E-state index < -0.39 is 6.55 Å². The molecule has 0 aromatic carbocycles. The molecule has 0 bridgehead atoms. The number of halogens is 2. The highest BCUT2D eigenvalue weighted by Gasteiger charge is 2.17. The van der Waals surface area contributed by atoms with Crippen molar-refractivity contribution in [1.29, 1.82) is 0 Å². The second-order valence-corrected chi connectivity index (χ2v) is 3.70. The van der Waals surface area contributed by atoms with Gasteiger partial charge in [-0.2, -0.15) is 8.78 Å². The summed E-state index contributed by atoms with van der Waals surface area (Å²) >= 11 is 0. The molecule has 2 rings (SSSR count). The fourth-order valence-electron chi connectivity index (χ4n) is 1.53. The van der Waals surface area contributed by atoms with Gasteiger partial charge >= 0.3 is 6.55 Å². The van der Waals surface area contributed by atoms with Gasteiger partial charge in [-0.1, -0.05) is 0 Å². The Balaban J connectivity index is 2.09. The van der Waals surface area contributed by atoms with E-state index in [1.807, 2.05) is 0 Å². The summed E-state index contributed by atoms with van der Waals surface area (Å²) in [6.07, 6.45) is 5.13. The van der Waals surface area contributed by atoms with Crippen LogP contribution in [0, 0.1) is 0 Å². The van der Waals surface area contributed by atoms with Crippen molar-refractivity contribution in [3.05, 3.63) is 42.4 Å².